The summed E-state index contributed by atoms with van der Waals surface area (Å²) < 4.78 is 5.37. The smallest absolute Gasteiger partial charge is 0.284 e. The summed E-state index contributed by atoms with van der Waals surface area (Å²) in [7, 11) is 0. The topological polar surface area (TPSA) is 58.0 Å². The van der Waals surface area contributed by atoms with E-state index in [4.69, 9.17) is 16.6 Å². The van der Waals surface area contributed by atoms with Gasteiger partial charge in [0.05, 0.1) is 5.69 Å². The van der Waals surface area contributed by atoms with Crippen molar-refractivity contribution in [1.29, 1.82) is 0 Å². The Morgan fingerprint density at radius 2 is 2.16 bits per heavy atom. The van der Waals surface area contributed by atoms with Crippen LogP contribution in [0.3, 0.4) is 0 Å². The van der Waals surface area contributed by atoms with E-state index in [0.717, 1.165) is 34.7 Å². The molecule has 0 atom stereocenters. The van der Waals surface area contributed by atoms with E-state index in [0.29, 0.717) is 10.7 Å². The Bertz CT molecular complexity index is 622. The molecule has 2 aromatic heterocycles. The molecule has 0 amide bonds. The Labute approximate surface area is 120 Å². The summed E-state index contributed by atoms with van der Waals surface area (Å²) in [6.07, 6.45) is 2.47. The van der Waals surface area contributed by atoms with Crippen molar-refractivity contribution in [3.8, 4) is 10.8 Å². The van der Waals surface area contributed by atoms with Gasteiger partial charge in [0.15, 0.2) is 5.13 Å². The Kier molecular flexibility index (Phi) is 3.40. The minimum absolute atomic E-state index is 0.302. The molecule has 1 aliphatic heterocycles. The molecule has 3 rings (SSSR count). The number of aromatic nitrogens is 3. The molecular formula is C12H16N4OS2. The number of thiazole rings is 1. The second-order valence-electron chi connectivity index (χ2n) is 5.00. The second kappa shape index (κ2) is 5.05. The third-order valence-electron chi connectivity index (χ3n) is 3.47. The number of aromatic amines is 1. The molecule has 3 heterocycles. The lowest BCUT2D eigenvalue weighted by Gasteiger charge is -2.29. The van der Waals surface area contributed by atoms with Crippen molar-refractivity contribution >= 4 is 28.7 Å². The predicted molar refractivity (Wildman–Crippen MR) is 78.1 cm³/mol. The summed E-state index contributed by atoms with van der Waals surface area (Å²) in [4.78, 5) is 8.25. The first-order valence-electron chi connectivity index (χ1n) is 6.41. The van der Waals surface area contributed by atoms with Crippen LogP contribution in [-0.2, 0) is 0 Å². The first kappa shape index (κ1) is 12.8. The fraction of sp³-hybridized carbons (Fsp3) is 0.583. The van der Waals surface area contributed by atoms with Crippen LogP contribution >= 0.6 is 23.6 Å². The van der Waals surface area contributed by atoms with Crippen LogP contribution < -0.4 is 4.90 Å². The maximum Gasteiger partial charge on any atom is 0.284 e. The van der Waals surface area contributed by atoms with E-state index < -0.39 is 0 Å². The van der Waals surface area contributed by atoms with Crippen molar-refractivity contribution in [2.45, 2.75) is 26.7 Å². The Morgan fingerprint density at radius 1 is 1.42 bits per heavy atom. The molecule has 102 valence electrons. The Balaban J connectivity index is 1.87. The summed E-state index contributed by atoms with van der Waals surface area (Å²) in [5.41, 5.74) is 0.948. The quantitative estimate of drug-likeness (QED) is 0.861. The standard InChI is InChI=1S/C12H16N4OS2/c1-7-3-5-16(6-4-7)11-13-8(2)9(19-11)10-14-15-12(18)17-10/h7H,3-6H2,1-2H3,(H,15,18). The van der Waals surface area contributed by atoms with Gasteiger partial charge in [0.1, 0.15) is 4.88 Å². The SMILES string of the molecule is Cc1nc(N2CCC(C)CC2)sc1-c1n[nH]c(=S)o1. The van der Waals surface area contributed by atoms with Gasteiger partial charge in [-0.1, -0.05) is 18.3 Å². The van der Waals surface area contributed by atoms with E-state index in [2.05, 4.69) is 27.0 Å². The number of aryl methyl sites for hydroxylation is 1. The van der Waals surface area contributed by atoms with Gasteiger partial charge in [-0.2, -0.15) is 0 Å². The number of nitrogens with one attached hydrogen (secondary N) is 1. The molecule has 7 heteroatoms. The van der Waals surface area contributed by atoms with Gasteiger partial charge in [0, 0.05) is 13.1 Å². The van der Waals surface area contributed by atoms with Gasteiger partial charge in [-0.3, -0.25) is 0 Å². The van der Waals surface area contributed by atoms with E-state index in [1.54, 1.807) is 11.3 Å². The first-order chi connectivity index (χ1) is 9.13. The van der Waals surface area contributed by atoms with E-state index in [9.17, 15) is 0 Å². The Morgan fingerprint density at radius 3 is 2.79 bits per heavy atom. The van der Waals surface area contributed by atoms with Crippen LogP contribution in [0.5, 0.6) is 0 Å². The number of H-pyrrole nitrogens is 1. The molecule has 0 aromatic carbocycles. The van der Waals surface area contributed by atoms with E-state index in [1.165, 1.54) is 12.8 Å². The molecule has 1 saturated heterocycles. The molecule has 5 nitrogen and oxygen atoms in total. The fourth-order valence-corrected chi connectivity index (χ4v) is 3.41. The van der Waals surface area contributed by atoms with Crippen molar-refractivity contribution in [2.24, 2.45) is 5.92 Å². The van der Waals surface area contributed by atoms with Crippen molar-refractivity contribution in [3.05, 3.63) is 10.5 Å². The third kappa shape index (κ3) is 2.57. The molecule has 0 radical (unpaired) electrons. The highest BCUT2D eigenvalue weighted by Crippen LogP contribution is 2.35. The summed E-state index contributed by atoms with van der Waals surface area (Å²) in [5, 5.41) is 7.78. The molecule has 0 unspecified atom stereocenters. The van der Waals surface area contributed by atoms with Crippen molar-refractivity contribution < 1.29 is 4.42 Å². The number of anilines is 1. The number of rotatable bonds is 2. The monoisotopic (exact) mass is 296 g/mol. The maximum atomic E-state index is 5.37. The molecule has 19 heavy (non-hydrogen) atoms. The van der Waals surface area contributed by atoms with E-state index in [-0.39, 0.29) is 0 Å². The predicted octanol–water partition coefficient (Wildman–Crippen LogP) is 3.40. The highest BCUT2D eigenvalue weighted by atomic mass is 32.1. The highest BCUT2D eigenvalue weighted by molar-refractivity contribution is 7.71. The van der Waals surface area contributed by atoms with Crippen LogP contribution in [0.25, 0.3) is 10.8 Å². The summed E-state index contributed by atoms with van der Waals surface area (Å²) >= 11 is 6.54. The van der Waals surface area contributed by atoms with Crippen LogP contribution in [0.15, 0.2) is 4.42 Å². The zero-order valence-electron chi connectivity index (χ0n) is 11.0. The summed E-state index contributed by atoms with van der Waals surface area (Å²) in [6, 6.07) is 0. The zero-order valence-corrected chi connectivity index (χ0v) is 12.6. The number of hydrogen-bond acceptors (Lipinski definition) is 6. The number of piperidine rings is 1. The normalized spacial score (nSPS) is 17.1. The minimum atomic E-state index is 0.302. The van der Waals surface area contributed by atoms with Gasteiger partial charge < -0.3 is 9.32 Å². The van der Waals surface area contributed by atoms with Gasteiger partial charge in [0.2, 0.25) is 0 Å². The molecule has 0 saturated carbocycles. The summed E-state index contributed by atoms with van der Waals surface area (Å²) in [5.74, 6) is 1.36. The van der Waals surface area contributed by atoms with Crippen LogP contribution in [0.1, 0.15) is 25.5 Å². The average Bonchev–Trinajstić information content (AvgIpc) is 2.96. The highest BCUT2D eigenvalue weighted by Gasteiger charge is 2.21. The van der Waals surface area contributed by atoms with Crippen LogP contribution in [0.4, 0.5) is 5.13 Å². The Hall–Kier alpha value is -1.21. The molecule has 0 bridgehead atoms. The third-order valence-corrected chi connectivity index (χ3v) is 4.85. The van der Waals surface area contributed by atoms with Crippen LogP contribution in [0, 0.1) is 17.7 Å². The molecule has 1 aliphatic rings. The molecule has 0 aliphatic carbocycles. The van der Waals surface area contributed by atoms with Crippen molar-refractivity contribution in [3.63, 3.8) is 0 Å². The van der Waals surface area contributed by atoms with E-state index in [1.807, 2.05) is 6.92 Å². The molecular weight excluding hydrogens is 280 g/mol. The molecule has 1 fully saturated rings. The lowest BCUT2D eigenvalue weighted by molar-refractivity contribution is 0.438. The maximum absolute atomic E-state index is 5.37. The van der Waals surface area contributed by atoms with Crippen LogP contribution in [0.2, 0.25) is 0 Å². The average molecular weight is 296 g/mol. The van der Waals surface area contributed by atoms with Gasteiger partial charge >= 0.3 is 0 Å². The molecule has 0 spiro atoms. The van der Waals surface area contributed by atoms with Gasteiger partial charge in [-0.05, 0) is 37.9 Å². The largest absolute Gasteiger partial charge is 0.408 e. The van der Waals surface area contributed by atoms with E-state index >= 15 is 0 Å². The van der Waals surface area contributed by atoms with Gasteiger partial charge in [-0.15, -0.1) is 5.10 Å². The van der Waals surface area contributed by atoms with Gasteiger partial charge in [0.25, 0.3) is 10.7 Å². The summed E-state index contributed by atoms with van der Waals surface area (Å²) in [6.45, 7) is 6.45. The number of hydrogen-bond donors (Lipinski definition) is 1. The second-order valence-corrected chi connectivity index (χ2v) is 6.35. The molecule has 2 aromatic rings. The zero-order chi connectivity index (χ0) is 13.4. The lowest BCUT2D eigenvalue weighted by Crippen LogP contribution is -2.32. The fourth-order valence-electron chi connectivity index (χ4n) is 2.24. The van der Waals surface area contributed by atoms with Crippen molar-refractivity contribution in [2.75, 3.05) is 18.0 Å². The first-order valence-corrected chi connectivity index (χ1v) is 7.64. The minimum Gasteiger partial charge on any atom is -0.408 e. The van der Waals surface area contributed by atoms with Gasteiger partial charge in [-0.25, -0.2) is 10.1 Å². The lowest BCUT2D eigenvalue weighted by atomic mass is 10.00. The molecule has 1 N–H and O–H groups in total. The number of nitrogens with zero attached hydrogens (tertiary/aromatic N) is 3. The van der Waals surface area contributed by atoms with Crippen LogP contribution in [-0.4, -0.2) is 28.3 Å². The van der Waals surface area contributed by atoms with Crippen molar-refractivity contribution in [1.82, 2.24) is 15.2 Å².